The maximum Gasteiger partial charge on any atom is 0.329 e. The van der Waals surface area contributed by atoms with E-state index in [4.69, 9.17) is 0 Å². The predicted molar refractivity (Wildman–Crippen MR) is 64.8 cm³/mol. The fraction of sp³-hybridized carbons (Fsp3) is 0.833. The van der Waals surface area contributed by atoms with E-state index >= 15 is 0 Å². The fourth-order valence-electron chi connectivity index (χ4n) is 2.49. The lowest BCUT2D eigenvalue weighted by molar-refractivity contribution is -0.156. The second-order valence-electron chi connectivity index (χ2n) is 4.44. The van der Waals surface area contributed by atoms with Crippen molar-refractivity contribution in [3.8, 4) is 0 Å². The van der Waals surface area contributed by atoms with E-state index in [2.05, 4.69) is 5.32 Å². The largest absolute Gasteiger partial charge is 0.479 e. The van der Waals surface area contributed by atoms with Gasteiger partial charge >= 0.3 is 5.97 Å². The van der Waals surface area contributed by atoms with Gasteiger partial charge in [0.2, 0.25) is 5.91 Å². The Morgan fingerprint density at radius 1 is 1.41 bits per heavy atom. The van der Waals surface area contributed by atoms with Crippen LogP contribution in [0.25, 0.3) is 0 Å². The first-order valence-corrected chi connectivity index (χ1v) is 6.33. The molecule has 0 aliphatic carbocycles. The molecule has 1 unspecified atom stereocenters. The first kappa shape index (κ1) is 14.0. The van der Waals surface area contributed by atoms with Crippen molar-refractivity contribution in [3.05, 3.63) is 0 Å². The quantitative estimate of drug-likeness (QED) is 0.677. The molecule has 1 heterocycles. The molecule has 98 valence electrons. The summed E-state index contributed by atoms with van der Waals surface area (Å²) in [5.41, 5.74) is -0.955. The summed E-state index contributed by atoms with van der Waals surface area (Å²) >= 11 is 0. The van der Waals surface area contributed by atoms with E-state index in [-0.39, 0.29) is 5.91 Å². The average molecular weight is 242 g/mol. The van der Waals surface area contributed by atoms with Crippen molar-refractivity contribution >= 4 is 11.9 Å². The number of carbonyl (C=O) groups excluding carboxylic acids is 1. The zero-order chi connectivity index (χ0) is 12.9. The van der Waals surface area contributed by atoms with E-state index in [0.717, 1.165) is 13.0 Å². The number of hydrogen-bond acceptors (Lipinski definition) is 3. The number of aliphatic carboxylic acids is 1. The molecule has 17 heavy (non-hydrogen) atoms. The molecule has 1 aliphatic rings. The van der Waals surface area contributed by atoms with Crippen molar-refractivity contribution in [2.75, 3.05) is 19.6 Å². The average Bonchev–Trinajstić information content (AvgIpc) is 2.74. The molecule has 5 heteroatoms. The van der Waals surface area contributed by atoms with Gasteiger partial charge in [-0.2, -0.15) is 0 Å². The Kier molecular flexibility index (Phi) is 4.93. The highest BCUT2D eigenvalue weighted by Crippen LogP contribution is 2.33. The number of nitrogens with one attached hydrogen (secondary N) is 1. The van der Waals surface area contributed by atoms with Crippen LogP contribution in [0.1, 0.15) is 39.5 Å². The fourth-order valence-corrected chi connectivity index (χ4v) is 2.49. The molecule has 0 aromatic heterocycles. The van der Waals surface area contributed by atoms with Gasteiger partial charge in [0.15, 0.2) is 0 Å². The highest BCUT2D eigenvalue weighted by atomic mass is 16.4. The van der Waals surface area contributed by atoms with Crippen LogP contribution < -0.4 is 5.32 Å². The summed E-state index contributed by atoms with van der Waals surface area (Å²) in [7, 11) is 0. The van der Waals surface area contributed by atoms with Crippen molar-refractivity contribution in [1.29, 1.82) is 0 Å². The second-order valence-corrected chi connectivity index (χ2v) is 4.44. The number of carbonyl (C=O) groups is 2. The second kappa shape index (κ2) is 6.00. The molecule has 0 aromatic carbocycles. The topological polar surface area (TPSA) is 69.6 Å². The standard InChI is InChI=1S/C12H22N2O3/c1-3-12(11(16)17)7-5-9-14(12)10(15)6-8-13-4-2/h13H,3-9H2,1-2H3,(H,16,17). The number of amides is 1. The van der Waals surface area contributed by atoms with E-state index < -0.39 is 11.5 Å². The molecule has 1 aliphatic heterocycles. The maximum atomic E-state index is 12.0. The smallest absolute Gasteiger partial charge is 0.329 e. The van der Waals surface area contributed by atoms with Gasteiger partial charge in [-0.1, -0.05) is 13.8 Å². The van der Waals surface area contributed by atoms with Gasteiger partial charge in [-0.05, 0) is 25.8 Å². The number of likely N-dealkylation sites (tertiary alicyclic amines) is 1. The van der Waals surface area contributed by atoms with Gasteiger partial charge in [0.1, 0.15) is 5.54 Å². The number of nitrogens with zero attached hydrogens (tertiary/aromatic N) is 1. The van der Waals surface area contributed by atoms with Crippen molar-refractivity contribution in [3.63, 3.8) is 0 Å². The third kappa shape index (κ3) is 2.77. The number of hydrogen-bond donors (Lipinski definition) is 2. The van der Waals surface area contributed by atoms with E-state index in [9.17, 15) is 14.7 Å². The van der Waals surface area contributed by atoms with Crippen LogP contribution >= 0.6 is 0 Å². The van der Waals surface area contributed by atoms with Crippen LogP contribution in [-0.2, 0) is 9.59 Å². The minimum atomic E-state index is -0.955. The van der Waals surface area contributed by atoms with Crippen LogP contribution in [0.5, 0.6) is 0 Å². The first-order chi connectivity index (χ1) is 8.08. The third-order valence-corrected chi connectivity index (χ3v) is 3.54. The Balaban J connectivity index is 2.67. The molecule has 5 nitrogen and oxygen atoms in total. The van der Waals surface area contributed by atoms with Crippen LogP contribution in [0.4, 0.5) is 0 Å². The highest BCUT2D eigenvalue weighted by Gasteiger charge is 2.48. The molecule has 0 radical (unpaired) electrons. The number of rotatable bonds is 6. The molecule has 0 aromatic rings. The normalized spacial score (nSPS) is 24.0. The molecule has 1 atom stereocenters. The van der Waals surface area contributed by atoms with Gasteiger partial charge in [0.25, 0.3) is 0 Å². The monoisotopic (exact) mass is 242 g/mol. The maximum absolute atomic E-state index is 12.0. The summed E-state index contributed by atoms with van der Waals surface area (Å²) in [6, 6.07) is 0. The van der Waals surface area contributed by atoms with Gasteiger partial charge < -0.3 is 15.3 Å². The predicted octanol–water partition coefficient (Wildman–Crippen LogP) is 0.842. The number of carboxylic acids is 1. The van der Waals surface area contributed by atoms with E-state index in [1.807, 2.05) is 13.8 Å². The molecule has 2 N–H and O–H groups in total. The van der Waals surface area contributed by atoms with E-state index in [1.54, 1.807) is 4.90 Å². The summed E-state index contributed by atoms with van der Waals surface area (Å²) in [5, 5.41) is 12.4. The van der Waals surface area contributed by atoms with E-state index in [1.165, 1.54) is 0 Å². The van der Waals surface area contributed by atoms with Crippen molar-refractivity contribution in [2.24, 2.45) is 0 Å². The highest BCUT2D eigenvalue weighted by molar-refractivity contribution is 5.87. The Labute approximate surface area is 102 Å². The van der Waals surface area contributed by atoms with Crippen LogP contribution in [-0.4, -0.2) is 47.1 Å². The van der Waals surface area contributed by atoms with Crippen molar-refractivity contribution < 1.29 is 14.7 Å². The summed E-state index contributed by atoms with van der Waals surface area (Å²) in [6.45, 7) is 5.83. The Hall–Kier alpha value is -1.10. The third-order valence-electron chi connectivity index (χ3n) is 3.54. The Bertz CT molecular complexity index is 293. The van der Waals surface area contributed by atoms with Gasteiger partial charge in [-0.3, -0.25) is 4.79 Å². The van der Waals surface area contributed by atoms with Gasteiger partial charge in [0, 0.05) is 19.5 Å². The number of carboxylic acid groups (broad SMARTS) is 1. The molecule has 1 fully saturated rings. The minimum Gasteiger partial charge on any atom is -0.479 e. The SMILES string of the molecule is CCNCCC(=O)N1CCCC1(CC)C(=O)O. The van der Waals surface area contributed by atoms with Crippen LogP contribution in [0.2, 0.25) is 0 Å². The molecule has 0 spiro atoms. The lowest BCUT2D eigenvalue weighted by atomic mass is 9.93. The molecule has 1 saturated heterocycles. The molecular formula is C12H22N2O3. The Morgan fingerprint density at radius 2 is 2.12 bits per heavy atom. The van der Waals surface area contributed by atoms with E-state index in [0.29, 0.717) is 32.4 Å². The summed E-state index contributed by atoms with van der Waals surface area (Å²) < 4.78 is 0. The molecule has 0 saturated carbocycles. The summed E-state index contributed by atoms with van der Waals surface area (Å²) in [5.74, 6) is -0.915. The Morgan fingerprint density at radius 3 is 2.65 bits per heavy atom. The van der Waals surface area contributed by atoms with Crippen LogP contribution in [0.15, 0.2) is 0 Å². The lowest BCUT2D eigenvalue weighted by Crippen LogP contribution is -2.53. The molecule has 1 rings (SSSR count). The summed E-state index contributed by atoms with van der Waals surface area (Å²) in [4.78, 5) is 25.0. The van der Waals surface area contributed by atoms with Gasteiger partial charge in [-0.15, -0.1) is 0 Å². The van der Waals surface area contributed by atoms with Crippen LogP contribution in [0, 0.1) is 0 Å². The first-order valence-electron chi connectivity index (χ1n) is 6.33. The van der Waals surface area contributed by atoms with Gasteiger partial charge in [-0.25, -0.2) is 4.79 Å². The van der Waals surface area contributed by atoms with Crippen molar-refractivity contribution in [1.82, 2.24) is 10.2 Å². The molecule has 0 bridgehead atoms. The molecular weight excluding hydrogens is 220 g/mol. The lowest BCUT2D eigenvalue weighted by Gasteiger charge is -2.34. The summed E-state index contributed by atoms with van der Waals surface area (Å²) in [6.07, 6.45) is 2.22. The minimum absolute atomic E-state index is 0.0484. The zero-order valence-electron chi connectivity index (χ0n) is 10.7. The molecule has 1 amide bonds. The zero-order valence-corrected chi connectivity index (χ0v) is 10.7. The van der Waals surface area contributed by atoms with Gasteiger partial charge in [0.05, 0.1) is 0 Å². The van der Waals surface area contributed by atoms with Crippen LogP contribution in [0.3, 0.4) is 0 Å². The van der Waals surface area contributed by atoms with Crippen molar-refractivity contribution in [2.45, 2.75) is 45.1 Å².